The Morgan fingerprint density at radius 2 is 0.667 bits per heavy atom. The normalized spacial score (nSPS) is 8.27. The van der Waals surface area contributed by atoms with Crippen LogP contribution in [0.15, 0.2) is 0 Å². The van der Waals surface area contributed by atoms with Gasteiger partial charge in [-0.1, -0.05) is 13.8 Å². The summed E-state index contributed by atoms with van der Waals surface area (Å²) >= 11 is 0. The van der Waals surface area contributed by atoms with Crippen LogP contribution in [-0.2, 0) is 9.13 Å². The Balaban J connectivity index is -0.0000000197. The van der Waals surface area contributed by atoms with Crippen LogP contribution in [0.3, 0.4) is 0 Å². The SMILES string of the molecule is CC.O.O=P(O)(O)O.O=P(O)(O)O.[NaH].[NaH]. The van der Waals surface area contributed by atoms with Crippen molar-refractivity contribution in [1.29, 1.82) is 0 Å². The predicted octanol–water partition coefficient (Wildman–Crippen LogP) is -2.95. The molecule has 15 heavy (non-hydrogen) atoms. The van der Waals surface area contributed by atoms with Crippen LogP contribution in [0.5, 0.6) is 0 Å². The molecule has 0 unspecified atom stereocenters. The van der Waals surface area contributed by atoms with Gasteiger partial charge in [0.25, 0.3) is 0 Å². The van der Waals surface area contributed by atoms with Crippen LogP contribution in [0, 0.1) is 0 Å². The molecule has 0 aromatic carbocycles. The van der Waals surface area contributed by atoms with Gasteiger partial charge in [-0.15, -0.1) is 0 Å². The zero-order valence-electron chi connectivity index (χ0n) is 6.89. The molecule has 0 aromatic heterocycles. The summed E-state index contributed by atoms with van der Waals surface area (Å²) in [5.41, 5.74) is 0. The second kappa shape index (κ2) is 18.5. The summed E-state index contributed by atoms with van der Waals surface area (Å²) in [6, 6.07) is 0. The minimum absolute atomic E-state index is 0. The van der Waals surface area contributed by atoms with Gasteiger partial charge in [-0.05, 0) is 0 Å². The van der Waals surface area contributed by atoms with E-state index in [-0.39, 0.29) is 64.6 Å². The third-order valence-electron chi connectivity index (χ3n) is 0. The van der Waals surface area contributed by atoms with Crippen molar-refractivity contribution in [3.63, 3.8) is 0 Å². The van der Waals surface area contributed by atoms with E-state index in [1.165, 1.54) is 0 Å². The monoisotopic (exact) mass is 292 g/mol. The summed E-state index contributed by atoms with van der Waals surface area (Å²) in [7, 11) is -9.28. The van der Waals surface area contributed by atoms with Gasteiger partial charge < -0.3 is 34.8 Å². The van der Waals surface area contributed by atoms with E-state index in [0.29, 0.717) is 0 Å². The van der Waals surface area contributed by atoms with Gasteiger partial charge in [0.1, 0.15) is 0 Å². The van der Waals surface area contributed by atoms with Crippen LogP contribution in [0.1, 0.15) is 13.8 Å². The number of phosphoric acid groups is 2. The van der Waals surface area contributed by atoms with Crippen LogP contribution in [0.2, 0.25) is 0 Å². The fourth-order valence-corrected chi connectivity index (χ4v) is 0. The fourth-order valence-electron chi connectivity index (χ4n) is 0. The van der Waals surface area contributed by atoms with Crippen molar-refractivity contribution < 1.29 is 44.0 Å². The van der Waals surface area contributed by atoms with Crippen LogP contribution in [-0.4, -0.2) is 94.0 Å². The van der Waals surface area contributed by atoms with E-state index in [1.54, 1.807) is 0 Å². The Hall–Kier alpha value is 2.18. The van der Waals surface area contributed by atoms with Gasteiger partial charge in [0.05, 0.1) is 0 Å². The first-order valence-corrected chi connectivity index (χ1v) is 5.70. The third kappa shape index (κ3) is 685. The molecule has 0 amide bonds. The van der Waals surface area contributed by atoms with E-state index < -0.39 is 15.6 Å². The Labute approximate surface area is 131 Å². The van der Waals surface area contributed by atoms with Crippen molar-refractivity contribution >= 4 is 74.8 Å². The summed E-state index contributed by atoms with van der Waals surface area (Å²) in [4.78, 5) is 43.1. The second-order valence-corrected chi connectivity index (χ2v) is 3.08. The van der Waals surface area contributed by atoms with Crippen LogP contribution in [0.4, 0.5) is 0 Å². The van der Waals surface area contributed by atoms with Gasteiger partial charge in [-0.2, -0.15) is 0 Å². The summed E-state index contributed by atoms with van der Waals surface area (Å²) in [5, 5.41) is 0. The Kier molecular flexibility index (Phi) is 44.5. The standard InChI is InChI=1S/C2H6.2Na.2H3O4P.H2O.2H/c1-2;;;2*1-5(2,3)4;;;/h1-2H3;;;2*(H3,1,2,3,4);1H2;;. The molecule has 0 bridgehead atoms. The van der Waals surface area contributed by atoms with Crippen LogP contribution >= 0.6 is 15.6 Å². The first-order chi connectivity index (χ1) is 5.00. The fraction of sp³-hybridized carbons (Fsp3) is 1.00. The molecule has 9 nitrogen and oxygen atoms in total. The molecular weight excluding hydrogens is 276 g/mol. The summed E-state index contributed by atoms with van der Waals surface area (Å²) in [5.74, 6) is 0. The van der Waals surface area contributed by atoms with Gasteiger partial charge in [0.15, 0.2) is 0 Å². The molecule has 0 aliphatic heterocycles. The molecule has 13 heteroatoms. The summed E-state index contributed by atoms with van der Waals surface area (Å²) < 4.78 is 17.8. The van der Waals surface area contributed by atoms with Gasteiger partial charge in [0, 0.05) is 0 Å². The van der Waals surface area contributed by atoms with Gasteiger partial charge in [-0.25, -0.2) is 9.13 Å². The first-order valence-electron chi connectivity index (χ1n) is 2.57. The predicted molar refractivity (Wildman–Crippen MR) is 57.8 cm³/mol. The maximum absolute atomic E-state index is 8.88. The van der Waals surface area contributed by atoms with Gasteiger partial charge in [0.2, 0.25) is 0 Å². The van der Waals surface area contributed by atoms with Crippen molar-refractivity contribution in [2.45, 2.75) is 13.8 Å². The molecule has 0 heterocycles. The number of rotatable bonds is 0. The molecule has 0 saturated carbocycles. The zero-order valence-corrected chi connectivity index (χ0v) is 8.68. The van der Waals surface area contributed by atoms with Crippen molar-refractivity contribution in [3.8, 4) is 0 Å². The minimum atomic E-state index is -4.64. The Morgan fingerprint density at radius 3 is 0.667 bits per heavy atom. The van der Waals surface area contributed by atoms with E-state index in [4.69, 9.17) is 38.5 Å². The zero-order chi connectivity index (χ0) is 11.0. The van der Waals surface area contributed by atoms with E-state index in [9.17, 15) is 0 Å². The molecule has 0 aliphatic carbocycles. The topological polar surface area (TPSA) is 187 Å². The molecule has 0 atom stereocenters. The third-order valence-corrected chi connectivity index (χ3v) is 0. The number of hydrogen-bond donors (Lipinski definition) is 6. The average Bonchev–Trinajstić information content (AvgIpc) is 1.59. The quantitative estimate of drug-likeness (QED) is 0.202. The van der Waals surface area contributed by atoms with Crippen molar-refractivity contribution in [2.24, 2.45) is 0 Å². The average molecular weight is 292 g/mol. The molecule has 90 valence electrons. The first kappa shape index (κ1) is 36.0. The van der Waals surface area contributed by atoms with Crippen molar-refractivity contribution in [3.05, 3.63) is 0 Å². The maximum atomic E-state index is 8.88. The molecule has 0 radical (unpaired) electrons. The van der Waals surface area contributed by atoms with Crippen molar-refractivity contribution in [2.75, 3.05) is 0 Å². The molecule has 0 aliphatic rings. The molecular formula is C2H16Na2O9P2. The molecule has 0 spiro atoms. The van der Waals surface area contributed by atoms with E-state index >= 15 is 0 Å². The Bertz CT molecular complexity index is 136. The van der Waals surface area contributed by atoms with Crippen molar-refractivity contribution in [1.82, 2.24) is 0 Å². The van der Waals surface area contributed by atoms with E-state index in [2.05, 4.69) is 0 Å². The number of hydrogen-bond acceptors (Lipinski definition) is 2. The van der Waals surface area contributed by atoms with Gasteiger partial charge >= 0.3 is 74.8 Å². The van der Waals surface area contributed by atoms with Crippen LogP contribution < -0.4 is 0 Å². The van der Waals surface area contributed by atoms with Gasteiger partial charge in [-0.3, -0.25) is 0 Å². The summed E-state index contributed by atoms with van der Waals surface area (Å²) in [6.07, 6.45) is 0. The molecule has 0 aromatic rings. The van der Waals surface area contributed by atoms with Crippen LogP contribution in [0.25, 0.3) is 0 Å². The summed E-state index contributed by atoms with van der Waals surface area (Å²) in [6.45, 7) is 4.00. The van der Waals surface area contributed by atoms with E-state index in [1.807, 2.05) is 13.8 Å². The van der Waals surface area contributed by atoms with E-state index in [0.717, 1.165) is 0 Å². The Morgan fingerprint density at radius 1 is 0.667 bits per heavy atom. The second-order valence-electron chi connectivity index (χ2n) is 1.03. The molecule has 0 saturated heterocycles. The molecule has 8 N–H and O–H groups in total. The molecule has 0 fully saturated rings. The molecule has 0 rings (SSSR count).